The number of esters is 1. The van der Waals surface area contributed by atoms with Crippen molar-refractivity contribution in [1.29, 1.82) is 0 Å². The number of benzene rings is 2. The number of ether oxygens (including phenoxy) is 1. The molecule has 25 heavy (non-hydrogen) atoms. The van der Waals surface area contributed by atoms with Crippen LogP contribution in [-0.2, 0) is 14.3 Å². The van der Waals surface area contributed by atoms with Crippen LogP contribution < -0.4 is 5.32 Å². The molecule has 0 aliphatic carbocycles. The quantitative estimate of drug-likeness (QED) is 0.498. The van der Waals surface area contributed by atoms with E-state index >= 15 is 0 Å². The molecule has 128 valence electrons. The molecule has 1 amide bonds. The summed E-state index contributed by atoms with van der Waals surface area (Å²) in [6, 6.07) is 14.2. The molecule has 0 bridgehead atoms. The lowest BCUT2D eigenvalue weighted by molar-refractivity contribution is -0.142. The zero-order valence-corrected chi connectivity index (χ0v) is 14.1. The number of anilines is 1. The molecule has 0 aliphatic rings. The number of hydrogen-bond donors (Lipinski definition) is 1. The molecule has 2 rings (SSSR count). The van der Waals surface area contributed by atoms with Gasteiger partial charge in [-0.2, -0.15) is 0 Å². The highest BCUT2D eigenvalue weighted by Crippen LogP contribution is 2.11. The lowest BCUT2D eigenvalue weighted by Gasteiger charge is -2.06. The molecule has 0 heterocycles. The van der Waals surface area contributed by atoms with Crippen LogP contribution in [0.5, 0.6) is 0 Å². The van der Waals surface area contributed by atoms with Gasteiger partial charge in [0.15, 0.2) is 12.4 Å². The fourth-order valence-corrected chi connectivity index (χ4v) is 2.14. The van der Waals surface area contributed by atoms with Crippen LogP contribution in [-0.4, -0.2) is 24.3 Å². The average Bonchev–Trinajstić information content (AvgIpc) is 2.58. The Labute approximate surface area is 146 Å². The predicted molar refractivity (Wildman–Crippen MR) is 96.2 cm³/mol. The Morgan fingerprint density at radius 1 is 1.08 bits per heavy atom. The maximum absolute atomic E-state index is 11.8. The van der Waals surface area contributed by atoms with E-state index in [2.05, 4.69) is 5.32 Å². The zero-order chi connectivity index (χ0) is 18.2. The summed E-state index contributed by atoms with van der Waals surface area (Å²) >= 11 is 0. The molecule has 0 spiro atoms. The lowest BCUT2D eigenvalue weighted by Crippen LogP contribution is -2.20. The van der Waals surface area contributed by atoms with Gasteiger partial charge in [0.25, 0.3) is 5.91 Å². The highest BCUT2D eigenvalue weighted by Gasteiger charge is 2.07. The normalized spacial score (nSPS) is 10.5. The molecule has 5 nitrogen and oxygen atoms in total. The average molecular weight is 337 g/mol. The molecule has 0 fully saturated rings. The van der Waals surface area contributed by atoms with E-state index < -0.39 is 18.5 Å². The Kier molecular flexibility index (Phi) is 6.23. The van der Waals surface area contributed by atoms with Crippen LogP contribution in [0.2, 0.25) is 0 Å². The summed E-state index contributed by atoms with van der Waals surface area (Å²) in [5, 5.41) is 2.58. The number of hydrogen-bond acceptors (Lipinski definition) is 4. The summed E-state index contributed by atoms with van der Waals surface area (Å²) in [5.74, 6) is -1.17. The minimum absolute atomic E-state index is 0.0937. The van der Waals surface area contributed by atoms with E-state index in [-0.39, 0.29) is 5.78 Å². The molecule has 2 aromatic rings. The largest absolute Gasteiger partial charge is 0.452 e. The van der Waals surface area contributed by atoms with Crippen LogP contribution in [0.3, 0.4) is 0 Å². The van der Waals surface area contributed by atoms with Crippen molar-refractivity contribution in [2.24, 2.45) is 0 Å². The topological polar surface area (TPSA) is 72.5 Å². The van der Waals surface area contributed by atoms with Crippen LogP contribution in [0.25, 0.3) is 6.08 Å². The molecule has 2 aromatic carbocycles. The first-order chi connectivity index (χ1) is 11.9. The van der Waals surface area contributed by atoms with Crippen molar-refractivity contribution in [1.82, 2.24) is 0 Å². The van der Waals surface area contributed by atoms with E-state index in [0.29, 0.717) is 11.3 Å². The van der Waals surface area contributed by atoms with Gasteiger partial charge in [-0.1, -0.05) is 42.0 Å². The van der Waals surface area contributed by atoms with Crippen LogP contribution in [0, 0.1) is 6.92 Å². The summed E-state index contributed by atoms with van der Waals surface area (Å²) in [5.41, 5.74) is 2.94. The molecule has 0 atom stereocenters. The van der Waals surface area contributed by atoms with Crippen molar-refractivity contribution in [2.75, 3.05) is 11.9 Å². The van der Waals surface area contributed by atoms with Gasteiger partial charge in [-0.05, 0) is 37.6 Å². The van der Waals surface area contributed by atoms with Gasteiger partial charge in [0.1, 0.15) is 0 Å². The highest BCUT2D eigenvalue weighted by atomic mass is 16.5. The minimum Gasteiger partial charge on any atom is -0.452 e. The first kappa shape index (κ1) is 18.1. The SMILES string of the molecule is CC(=O)c1cccc(NC(=O)COC(=O)/C=C/c2cccc(C)c2)c1. The Balaban J connectivity index is 1.84. The van der Waals surface area contributed by atoms with E-state index in [0.717, 1.165) is 11.1 Å². The standard InChI is InChI=1S/C20H19NO4/c1-14-5-3-6-16(11-14)9-10-20(24)25-13-19(23)21-18-8-4-7-17(12-18)15(2)22/h3-12H,13H2,1-2H3,(H,21,23)/b10-9+. The molecule has 0 unspecified atom stereocenters. The molecule has 0 aromatic heterocycles. The van der Waals surface area contributed by atoms with Crippen LogP contribution in [0.1, 0.15) is 28.4 Å². The maximum Gasteiger partial charge on any atom is 0.331 e. The van der Waals surface area contributed by atoms with E-state index in [9.17, 15) is 14.4 Å². The number of ketones is 1. The van der Waals surface area contributed by atoms with Gasteiger partial charge in [-0.25, -0.2) is 4.79 Å². The first-order valence-electron chi connectivity index (χ1n) is 7.76. The Morgan fingerprint density at radius 3 is 2.56 bits per heavy atom. The molecule has 0 radical (unpaired) electrons. The summed E-state index contributed by atoms with van der Waals surface area (Å²) in [6.45, 7) is 3.01. The molecule has 1 N–H and O–H groups in total. The lowest BCUT2D eigenvalue weighted by atomic mass is 10.1. The molecule has 5 heteroatoms. The number of nitrogens with one attached hydrogen (secondary N) is 1. The third-order valence-corrected chi connectivity index (χ3v) is 3.35. The third kappa shape index (κ3) is 6.06. The number of carbonyl (C=O) groups is 3. The third-order valence-electron chi connectivity index (χ3n) is 3.35. The fourth-order valence-electron chi connectivity index (χ4n) is 2.14. The summed E-state index contributed by atoms with van der Waals surface area (Å²) in [7, 11) is 0. The van der Waals surface area contributed by atoms with Gasteiger partial charge < -0.3 is 10.1 Å². The van der Waals surface area contributed by atoms with Gasteiger partial charge in [-0.15, -0.1) is 0 Å². The second kappa shape index (κ2) is 8.59. The van der Waals surface area contributed by atoms with Crippen molar-refractivity contribution in [3.8, 4) is 0 Å². The Bertz CT molecular complexity index is 824. The van der Waals surface area contributed by atoms with Gasteiger partial charge in [-0.3, -0.25) is 9.59 Å². The van der Waals surface area contributed by atoms with Gasteiger partial charge in [0.05, 0.1) is 0 Å². The van der Waals surface area contributed by atoms with Crippen molar-refractivity contribution < 1.29 is 19.1 Å². The van der Waals surface area contributed by atoms with Gasteiger partial charge >= 0.3 is 5.97 Å². The molecule has 0 saturated heterocycles. The smallest absolute Gasteiger partial charge is 0.331 e. The highest BCUT2D eigenvalue weighted by molar-refractivity contribution is 5.98. The number of carbonyl (C=O) groups excluding carboxylic acids is 3. The van der Waals surface area contributed by atoms with Crippen molar-refractivity contribution >= 4 is 29.4 Å². The van der Waals surface area contributed by atoms with Crippen molar-refractivity contribution in [2.45, 2.75) is 13.8 Å². The maximum atomic E-state index is 11.8. The van der Waals surface area contributed by atoms with Gasteiger partial charge in [0.2, 0.25) is 0 Å². The van der Waals surface area contributed by atoms with E-state index in [1.54, 1.807) is 30.3 Å². The van der Waals surface area contributed by atoms with Crippen molar-refractivity contribution in [3.63, 3.8) is 0 Å². The second-order valence-electron chi connectivity index (χ2n) is 5.54. The van der Waals surface area contributed by atoms with E-state index in [1.165, 1.54) is 13.0 Å². The molecular weight excluding hydrogens is 318 g/mol. The van der Waals surface area contributed by atoms with Gasteiger partial charge in [0, 0.05) is 17.3 Å². The number of Topliss-reactive ketones (excluding diaryl/α,β-unsaturated/α-hetero) is 1. The van der Waals surface area contributed by atoms with E-state index in [4.69, 9.17) is 4.74 Å². The van der Waals surface area contributed by atoms with Crippen LogP contribution >= 0.6 is 0 Å². The van der Waals surface area contributed by atoms with Crippen molar-refractivity contribution in [3.05, 3.63) is 71.3 Å². The number of amides is 1. The second-order valence-corrected chi connectivity index (χ2v) is 5.54. The molecule has 0 saturated carbocycles. The number of aryl methyl sites for hydroxylation is 1. The fraction of sp³-hybridized carbons (Fsp3) is 0.150. The summed E-state index contributed by atoms with van der Waals surface area (Å²) < 4.78 is 4.90. The Morgan fingerprint density at radius 2 is 1.84 bits per heavy atom. The predicted octanol–water partition coefficient (Wildman–Crippen LogP) is 3.39. The van der Waals surface area contributed by atoms with E-state index in [1.807, 2.05) is 31.2 Å². The number of rotatable bonds is 6. The zero-order valence-electron chi connectivity index (χ0n) is 14.1. The minimum atomic E-state index is -0.603. The monoisotopic (exact) mass is 337 g/mol. The molecule has 0 aliphatic heterocycles. The first-order valence-corrected chi connectivity index (χ1v) is 7.76. The Hall–Kier alpha value is -3.21. The summed E-state index contributed by atoms with van der Waals surface area (Å²) in [6.07, 6.45) is 2.90. The van der Waals surface area contributed by atoms with Crippen LogP contribution in [0.15, 0.2) is 54.6 Å². The van der Waals surface area contributed by atoms with Crippen LogP contribution in [0.4, 0.5) is 5.69 Å². The molecular formula is C20H19NO4. The summed E-state index contributed by atoms with van der Waals surface area (Å²) in [4.78, 5) is 34.8.